The van der Waals surface area contributed by atoms with Gasteiger partial charge in [-0.05, 0) is 31.2 Å². The van der Waals surface area contributed by atoms with Crippen LogP contribution in [-0.2, 0) is 6.42 Å². The minimum atomic E-state index is -0.118. The summed E-state index contributed by atoms with van der Waals surface area (Å²) in [5.74, 6) is 1.59. The van der Waals surface area contributed by atoms with E-state index in [0.717, 1.165) is 16.9 Å². The molecule has 1 amide bonds. The molecular formula is C19H19N3O3. The fourth-order valence-corrected chi connectivity index (χ4v) is 2.33. The highest BCUT2D eigenvalue weighted by Crippen LogP contribution is 2.21. The summed E-state index contributed by atoms with van der Waals surface area (Å²) in [6, 6.07) is 14.9. The Morgan fingerprint density at radius 1 is 1.20 bits per heavy atom. The van der Waals surface area contributed by atoms with Crippen molar-refractivity contribution in [2.45, 2.75) is 13.3 Å². The monoisotopic (exact) mass is 337 g/mol. The third kappa shape index (κ3) is 4.23. The molecule has 0 saturated carbocycles. The van der Waals surface area contributed by atoms with E-state index < -0.39 is 0 Å². The summed E-state index contributed by atoms with van der Waals surface area (Å²) in [4.78, 5) is 16.4. The Bertz CT molecular complexity index is 856. The van der Waals surface area contributed by atoms with E-state index in [2.05, 4.69) is 15.5 Å². The Kier molecular flexibility index (Phi) is 5.09. The molecule has 0 atom stereocenters. The molecule has 1 N–H and O–H groups in total. The van der Waals surface area contributed by atoms with E-state index >= 15 is 0 Å². The molecule has 25 heavy (non-hydrogen) atoms. The van der Waals surface area contributed by atoms with E-state index in [0.29, 0.717) is 30.2 Å². The van der Waals surface area contributed by atoms with Crippen LogP contribution in [-0.4, -0.2) is 29.7 Å². The first-order valence-electron chi connectivity index (χ1n) is 7.97. The van der Waals surface area contributed by atoms with Crippen LogP contribution in [0, 0.1) is 6.92 Å². The van der Waals surface area contributed by atoms with E-state index in [1.807, 2.05) is 43.3 Å². The minimum absolute atomic E-state index is 0.118. The number of hydrogen-bond acceptors (Lipinski definition) is 5. The molecule has 3 aromatic rings. The molecule has 0 aliphatic heterocycles. The van der Waals surface area contributed by atoms with Gasteiger partial charge in [-0.2, -0.15) is 4.98 Å². The molecule has 0 spiro atoms. The van der Waals surface area contributed by atoms with Crippen molar-refractivity contribution >= 4 is 5.91 Å². The Morgan fingerprint density at radius 2 is 2.00 bits per heavy atom. The molecule has 128 valence electrons. The number of rotatable bonds is 6. The number of carbonyl (C=O) groups is 1. The first-order chi connectivity index (χ1) is 12.2. The van der Waals surface area contributed by atoms with E-state index in [4.69, 9.17) is 9.26 Å². The van der Waals surface area contributed by atoms with E-state index in [1.54, 1.807) is 19.2 Å². The Balaban J connectivity index is 1.56. The van der Waals surface area contributed by atoms with Gasteiger partial charge in [0, 0.05) is 24.1 Å². The maximum absolute atomic E-state index is 12.1. The van der Waals surface area contributed by atoms with Gasteiger partial charge < -0.3 is 14.6 Å². The average molecular weight is 337 g/mol. The molecule has 0 bridgehead atoms. The Labute approximate surface area is 145 Å². The number of hydrogen-bond donors (Lipinski definition) is 1. The maximum Gasteiger partial charge on any atom is 0.251 e. The second kappa shape index (κ2) is 7.61. The van der Waals surface area contributed by atoms with Crippen LogP contribution < -0.4 is 10.1 Å². The third-order valence-corrected chi connectivity index (χ3v) is 3.73. The summed E-state index contributed by atoms with van der Waals surface area (Å²) in [5, 5.41) is 6.82. The summed E-state index contributed by atoms with van der Waals surface area (Å²) in [6.45, 7) is 2.41. The number of carbonyl (C=O) groups excluding carboxylic acids is 1. The second-order valence-electron chi connectivity index (χ2n) is 5.62. The normalized spacial score (nSPS) is 10.5. The van der Waals surface area contributed by atoms with E-state index in [9.17, 15) is 4.79 Å². The first-order valence-corrected chi connectivity index (χ1v) is 7.97. The van der Waals surface area contributed by atoms with Gasteiger partial charge in [0.25, 0.3) is 5.91 Å². The minimum Gasteiger partial charge on any atom is -0.497 e. The molecule has 0 aliphatic rings. The molecule has 1 heterocycles. The second-order valence-corrected chi connectivity index (χ2v) is 5.62. The van der Waals surface area contributed by atoms with Crippen molar-refractivity contribution in [3.05, 3.63) is 65.5 Å². The lowest BCUT2D eigenvalue weighted by Gasteiger charge is -2.03. The van der Waals surface area contributed by atoms with Crippen LogP contribution in [0.25, 0.3) is 11.4 Å². The zero-order valence-electron chi connectivity index (χ0n) is 14.2. The van der Waals surface area contributed by atoms with Gasteiger partial charge in [0.15, 0.2) is 0 Å². The van der Waals surface area contributed by atoms with Gasteiger partial charge in [-0.1, -0.05) is 35.0 Å². The molecule has 3 rings (SSSR count). The molecule has 1 aromatic heterocycles. The van der Waals surface area contributed by atoms with Crippen molar-refractivity contribution in [1.82, 2.24) is 15.5 Å². The quantitative estimate of drug-likeness (QED) is 0.748. The van der Waals surface area contributed by atoms with Crippen molar-refractivity contribution < 1.29 is 14.1 Å². The average Bonchev–Trinajstić information content (AvgIpc) is 3.11. The van der Waals surface area contributed by atoms with Gasteiger partial charge in [0.2, 0.25) is 11.7 Å². The van der Waals surface area contributed by atoms with Crippen LogP contribution in [0.15, 0.2) is 53.1 Å². The van der Waals surface area contributed by atoms with Crippen LogP contribution in [0.3, 0.4) is 0 Å². The van der Waals surface area contributed by atoms with Gasteiger partial charge in [-0.15, -0.1) is 0 Å². The number of aromatic nitrogens is 2. The molecule has 6 nitrogen and oxygen atoms in total. The lowest BCUT2D eigenvalue weighted by Crippen LogP contribution is -2.25. The summed E-state index contributed by atoms with van der Waals surface area (Å²) in [7, 11) is 1.61. The number of benzene rings is 2. The fraction of sp³-hybridized carbons (Fsp3) is 0.211. The lowest BCUT2D eigenvalue weighted by atomic mass is 10.1. The van der Waals surface area contributed by atoms with Crippen molar-refractivity contribution in [3.8, 4) is 17.1 Å². The zero-order chi connectivity index (χ0) is 17.6. The van der Waals surface area contributed by atoms with Crippen LogP contribution in [0.1, 0.15) is 21.8 Å². The summed E-state index contributed by atoms with van der Waals surface area (Å²) in [5.41, 5.74) is 2.57. The lowest BCUT2D eigenvalue weighted by molar-refractivity contribution is 0.0953. The Morgan fingerprint density at radius 3 is 2.76 bits per heavy atom. The number of amides is 1. The third-order valence-electron chi connectivity index (χ3n) is 3.73. The number of methoxy groups -OCH3 is 1. The standard InChI is InChI=1S/C19H19N3O3/c1-13-6-8-14(9-7-13)19(23)20-11-10-17-21-18(22-25-17)15-4-3-5-16(12-15)24-2/h3-9,12H,10-11H2,1-2H3,(H,20,23). The van der Waals surface area contributed by atoms with Crippen LogP contribution in [0.4, 0.5) is 0 Å². The summed E-state index contributed by atoms with van der Waals surface area (Å²) >= 11 is 0. The number of aryl methyl sites for hydroxylation is 1. The Hall–Kier alpha value is -3.15. The molecule has 0 unspecified atom stereocenters. The van der Waals surface area contributed by atoms with Crippen molar-refractivity contribution in [3.63, 3.8) is 0 Å². The van der Waals surface area contributed by atoms with Crippen LogP contribution in [0.2, 0.25) is 0 Å². The predicted octanol–water partition coefficient (Wildman–Crippen LogP) is 3.03. The highest BCUT2D eigenvalue weighted by atomic mass is 16.5. The van der Waals surface area contributed by atoms with E-state index in [-0.39, 0.29) is 5.91 Å². The molecular weight excluding hydrogens is 318 g/mol. The number of ether oxygens (including phenoxy) is 1. The van der Waals surface area contributed by atoms with Crippen molar-refractivity contribution in [2.24, 2.45) is 0 Å². The smallest absolute Gasteiger partial charge is 0.251 e. The van der Waals surface area contributed by atoms with E-state index in [1.165, 1.54) is 0 Å². The number of nitrogens with zero attached hydrogens (tertiary/aromatic N) is 2. The summed E-state index contributed by atoms with van der Waals surface area (Å²) < 4.78 is 10.4. The van der Waals surface area contributed by atoms with Gasteiger partial charge in [-0.3, -0.25) is 4.79 Å². The topological polar surface area (TPSA) is 77.3 Å². The number of nitrogens with one attached hydrogen (secondary N) is 1. The molecule has 2 aromatic carbocycles. The van der Waals surface area contributed by atoms with Gasteiger partial charge in [-0.25, -0.2) is 0 Å². The van der Waals surface area contributed by atoms with Crippen molar-refractivity contribution in [2.75, 3.05) is 13.7 Å². The molecule has 0 saturated heterocycles. The zero-order valence-corrected chi connectivity index (χ0v) is 14.2. The SMILES string of the molecule is COc1cccc(-c2noc(CCNC(=O)c3ccc(C)cc3)n2)c1. The fourth-order valence-electron chi connectivity index (χ4n) is 2.33. The van der Waals surface area contributed by atoms with Gasteiger partial charge >= 0.3 is 0 Å². The summed E-state index contributed by atoms with van der Waals surface area (Å²) in [6.07, 6.45) is 0.467. The highest BCUT2D eigenvalue weighted by Gasteiger charge is 2.10. The maximum atomic E-state index is 12.1. The van der Waals surface area contributed by atoms with Gasteiger partial charge in [0.1, 0.15) is 5.75 Å². The van der Waals surface area contributed by atoms with Crippen LogP contribution in [0.5, 0.6) is 5.75 Å². The molecule has 0 aliphatic carbocycles. The van der Waals surface area contributed by atoms with Crippen LogP contribution >= 0.6 is 0 Å². The highest BCUT2D eigenvalue weighted by molar-refractivity contribution is 5.94. The molecule has 6 heteroatoms. The largest absolute Gasteiger partial charge is 0.497 e. The van der Waals surface area contributed by atoms with Crippen molar-refractivity contribution in [1.29, 1.82) is 0 Å². The molecule has 0 fully saturated rings. The first kappa shape index (κ1) is 16.7. The van der Waals surface area contributed by atoms with Gasteiger partial charge in [0.05, 0.1) is 7.11 Å². The predicted molar refractivity (Wildman–Crippen MR) is 93.5 cm³/mol. The molecule has 0 radical (unpaired) electrons.